The summed E-state index contributed by atoms with van der Waals surface area (Å²) in [5.41, 5.74) is 3.50. The molecule has 2 aliphatic heterocycles. The zero-order chi connectivity index (χ0) is 20.0. The first kappa shape index (κ1) is 18.7. The van der Waals surface area contributed by atoms with Crippen molar-refractivity contribution < 1.29 is 0 Å². The molecule has 4 heterocycles. The number of aliphatic imine (C=N–C) groups is 1. The van der Waals surface area contributed by atoms with E-state index in [1.807, 2.05) is 30.3 Å². The standard InChI is InChI=1S/C20H19BrClN7/c1-27-6-8-28(9-7-27)20-26-25-18-12-24-19(16-4-2-3-5-23-16)13-10-15(22)14(21)11-17(13)29(18)20/h2-5,10-11H,6-9,12H2,1H3. The number of nitrogens with zero attached hydrogens (tertiary/aromatic N) is 7. The predicted octanol–water partition coefficient (Wildman–Crippen LogP) is 3.18. The summed E-state index contributed by atoms with van der Waals surface area (Å²) >= 11 is 10.1. The fourth-order valence-corrected chi connectivity index (χ4v) is 4.23. The molecule has 7 nitrogen and oxygen atoms in total. The monoisotopic (exact) mass is 471 g/mol. The summed E-state index contributed by atoms with van der Waals surface area (Å²) in [5.74, 6) is 1.65. The summed E-state index contributed by atoms with van der Waals surface area (Å²) in [7, 11) is 2.14. The minimum absolute atomic E-state index is 0.427. The average molecular weight is 473 g/mol. The summed E-state index contributed by atoms with van der Waals surface area (Å²) in [6, 6.07) is 9.79. The smallest absolute Gasteiger partial charge is 0.232 e. The van der Waals surface area contributed by atoms with Gasteiger partial charge in [-0.05, 0) is 47.2 Å². The Bertz CT molecular complexity index is 1090. The van der Waals surface area contributed by atoms with E-state index in [4.69, 9.17) is 16.6 Å². The van der Waals surface area contributed by atoms with Gasteiger partial charge in [0.25, 0.3) is 0 Å². The first-order valence-electron chi connectivity index (χ1n) is 9.45. The molecule has 5 rings (SSSR count). The normalized spacial score (nSPS) is 16.8. The minimum atomic E-state index is 0.427. The molecule has 3 aromatic rings. The van der Waals surface area contributed by atoms with Gasteiger partial charge in [0.15, 0.2) is 5.82 Å². The van der Waals surface area contributed by atoms with E-state index in [0.717, 1.165) is 65.1 Å². The second-order valence-electron chi connectivity index (χ2n) is 7.21. The predicted molar refractivity (Wildman–Crippen MR) is 117 cm³/mol. The van der Waals surface area contributed by atoms with Crippen LogP contribution in [0.3, 0.4) is 0 Å². The Morgan fingerprint density at radius 1 is 1.07 bits per heavy atom. The molecule has 0 aliphatic carbocycles. The molecule has 9 heteroatoms. The number of aromatic nitrogens is 4. The van der Waals surface area contributed by atoms with Crippen LogP contribution in [-0.2, 0) is 6.54 Å². The third-order valence-electron chi connectivity index (χ3n) is 5.32. The highest BCUT2D eigenvalue weighted by molar-refractivity contribution is 9.10. The van der Waals surface area contributed by atoms with Crippen LogP contribution in [0.15, 0.2) is 46.0 Å². The molecule has 148 valence electrons. The van der Waals surface area contributed by atoms with E-state index in [0.29, 0.717) is 11.6 Å². The lowest BCUT2D eigenvalue weighted by molar-refractivity contribution is 0.310. The lowest BCUT2D eigenvalue weighted by Gasteiger charge is -2.33. The van der Waals surface area contributed by atoms with E-state index < -0.39 is 0 Å². The number of fused-ring (bicyclic) bond motifs is 3. The highest BCUT2D eigenvalue weighted by Gasteiger charge is 2.28. The van der Waals surface area contributed by atoms with Gasteiger partial charge in [-0.15, -0.1) is 10.2 Å². The number of likely N-dealkylation sites (N-methyl/N-ethyl adjacent to an activating group) is 1. The average Bonchev–Trinajstić information content (AvgIpc) is 3.09. The molecule has 0 atom stereocenters. The lowest BCUT2D eigenvalue weighted by Crippen LogP contribution is -2.45. The van der Waals surface area contributed by atoms with Crippen molar-refractivity contribution in [1.82, 2.24) is 24.6 Å². The molecule has 2 aliphatic rings. The number of hydrogen-bond donors (Lipinski definition) is 0. The van der Waals surface area contributed by atoms with Crippen molar-refractivity contribution in [1.29, 1.82) is 0 Å². The van der Waals surface area contributed by atoms with E-state index in [1.54, 1.807) is 6.20 Å². The van der Waals surface area contributed by atoms with E-state index in [2.05, 4.69) is 52.5 Å². The molecule has 0 amide bonds. The molecule has 0 unspecified atom stereocenters. The van der Waals surface area contributed by atoms with Crippen LogP contribution in [0.5, 0.6) is 0 Å². The molecule has 0 radical (unpaired) electrons. The van der Waals surface area contributed by atoms with Crippen LogP contribution in [0.1, 0.15) is 17.1 Å². The molecule has 0 N–H and O–H groups in total. The third kappa shape index (κ3) is 3.35. The zero-order valence-corrected chi connectivity index (χ0v) is 18.2. The quantitative estimate of drug-likeness (QED) is 0.573. The second-order valence-corrected chi connectivity index (χ2v) is 8.47. The lowest BCUT2D eigenvalue weighted by atomic mass is 10.0. The Morgan fingerprint density at radius 3 is 2.66 bits per heavy atom. The molecule has 0 bridgehead atoms. The second kappa shape index (κ2) is 7.51. The summed E-state index contributed by atoms with van der Waals surface area (Å²) in [5, 5.41) is 9.63. The SMILES string of the molecule is CN1CCN(c2nnc3n2-c2cc(Br)c(Cl)cc2C(c2ccccn2)=NC3)CC1. The maximum Gasteiger partial charge on any atom is 0.232 e. The number of benzene rings is 1. The first-order valence-corrected chi connectivity index (χ1v) is 10.6. The van der Waals surface area contributed by atoms with Crippen molar-refractivity contribution >= 4 is 39.2 Å². The molecular formula is C20H19BrClN7. The van der Waals surface area contributed by atoms with E-state index in [-0.39, 0.29) is 0 Å². The van der Waals surface area contributed by atoms with Crippen molar-refractivity contribution in [2.75, 3.05) is 38.1 Å². The van der Waals surface area contributed by atoms with Gasteiger partial charge < -0.3 is 9.80 Å². The first-order chi connectivity index (χ1) is 14.1. The van der Waals surface area contributed by atoms with Crippen LogP contribution >= 0.6 is 27.5 Å². The van der Waals surface area contributed by atoms with Gasteiger partial charge in [0.05, 0.1) is 22.1 Å². The Morgan fingerprint density at radius 2 is 1.90 bits per heavy atom. The maximum atomic E-state index is 6.48. The van der Waals surface area contributed by atoms with Crippen molar-refractivity contribution in [3.8, 4) is 5.69 Å². The molecule has 29 heavy (non-hydrogen) atoms. The molecule has 2 aromatic heterocycles. The van der Waals surface area contributed by atoms with Gasteiger partial charge in [0.2, 0.25) is 5.95 Å². The van der Waals surface area contributed by atoms with Gasteiger partial charge >= 0.3 is 0 Å². The Kier molecular flexibility index (Phi) is 4.85. The van der Waals surface area contributed by atoms with Gasteiger partial charge in [-0.1, -0.05) is 17.7 Å². The Balaban J connectivity index is 1.68. The fraction of sp³-hybridized carbons (Fsp3) is 0.300. The van der Waals surface area contributed by atoms with E-state index in [1.165, 1.54) is 0 Å². The summed E-state index contributed by atoms with van der Waals surface area (Å²) in [6.07, 6.45) is 1.78. The fourth-order valence-electron chi connectivity index (χ4n) is 3.74. The molecule has 1 fully saturated rings. The number of rotatable bonds is 2. The number of piperazine rings is 1. The van der Waals surface area contributed by atoms with Gasteiger partial charge in [-0.2, -0.15) is 0 Å². The zero-order valence-electron chi connectivity index (χ0n) is 15.9. The van der Waals surface area contributed by atoms with Gasteiger partial charge in [0.1, 0.15) is 6.54 Å². The van der Waals surface area contributed by atoms with Crippen LogP contribution in [0.2, 0.25) is 5.02 Å². The van der Waals surface area contributed by atoms with Crippen molar-refractivity contribution in [3.63, 3.8) is 0 Å². The molecule has 0 spiro atoms. The number of pyridine rings is 1. The number of halogens is 2. The van der Waals surface area contributed by atoms with Crippen molar-refractivity contribution in [3.05, 3.63) is 63.1 Å². The Labute approximate surface area is 182 Å². The topological polar surface area (TPSA) is 62.4 Å². The van der Waals surface area contributed by atoms with Crippen LogP contribution < -0.4 is 4.90 Å². The molecule has 1 saturated heterocycles. The summed E-state index contributed by atoms with van der Waals surface area (Å²) < 4.78 is 2.94. The Hall–Kier alpha value is -2.29. The third-order valence-corrected chi connectivity index (χ3v) is 6.52. The van der Waals surface area contributed by atoms with Crippen LogP contribution in [0.4, 0.5) is 5.95 Å². The van der Waals surface area contributed by atoms with Gasteiger partial charge in [0, 0.05) is 42.4 Å². The number of hydrogen-bond acceptors (Lipinski definition) is 6. The van der Waals surface area contributed by atoms with Crippen LogP contribution in [0, 0.1) is 0 Å². The largest absolute Gasteiger partial charge is 0.338 e. The maximum absolute atomic E-state index is 6.48. The minimum Gasteiger partial charge on any atom is -0.338 e. The molecular weight excluding hydrogens is 454 g/mol. The van der Waals surface area contributed by atoms with Gasteiger partial charge in [-0.25, -0.2) is 0 Å². The molecule has 1 aromatic carbocycles. The van der Waals surface area contributed by atoms with Crippen molar-refractivity contribution in [2.24, 2.45) is 4.99 Å². The van der Waals surface area contributed by atoms with E-state index >= 15 is 0 Å². The van der Waals surface area contributed by atoms with Crippen LogP contribution in [0.25, 0.3) is 5.69 Å². The highest BCUT2D eigenvalue weighted by Crippen LogP contribution is 2.34. The number of anilines is 1. The van der Waals surface area contributed by atoms with Crippen molar-refractivity contribution in [2.45, 2.75) is 6.54 Å². The van der Waals surface area contributed by atoms with E-state index in [9.17, 15) is 0 Å². The summed E-state index contributed by atoms with van der Waals surface area (Å²) in [4.78, 5) is 14.0. The van der Waals surface area contributed by atoms with Crippen LogP contribution in [-0.4, -0.2) is 63.6 Å². The van der Waals surface area contributed by atoms with Gasteiger partial charge in [-0.3, -0.25) is 14.5 Å². The highest BCUT2D eigenvalue weighted by atomic mass is 79.9. The summed E-state index contributed by atoms with van der Waals surface area (Å²) in [6.45, 7) is 4.24. The molecule has 0 saturated carbocycles.